The van der Waals surface area contributed by atoms with Gasteiger partial charge in [0.15, 0.2) is 11.6 Å². The number of halogens is 1. The summed E-state index contributed by atoms with van der Waals surface area (Å²) < 4.78 is 26.4. The van der Waals surface area contributed by atoms with Gasteiger partial charge in [0, 0.05) is 48.9 Å². The Balaban J connectivity index is 1.38. The summed E-state index contributed by atoms with van der Waals surface area (Å²) in [5.74, 6) is 1.35. The van der Waals surface area contributed by atoms with E-state index < -0.39 is 5.60 Å². The number of anilines is 1. The number of carbonyl (C=O) groups excluding carboxylic acids is 1. The predicted octanol–water partition coefficient (Wildman–Crippen LogP) is 5.83. The van der Waals surface area contributed by atoms with Gasteiger partial charge < -0.3 is 19.3 Å². The Morgan fingerprint density at radius 2 is 1.74 bits per heavy atom. The average Bonchev–Trinajstić information content (AvgIpc) is 3.51. The smallest absolute Gasteiger partial charge is 0.410 e. The molecule has 2 fully saturated rings. The van der Waals surface area contributed by atoms with Crippen LogP contribution in [0.5, 0.6) is 11.5 Å². The minimum absolute atomic E-state index is 0.0340. The van der Waals surface area contributed by atoms with Gasteiger partial charge >= 0.3 is 6.09 Å². The minimum atomic E-state index is -0.525. The van der Waals surface area contributed by atoms with Crippen molar-refractivity contribution in [1.82, 2.24) is 24.8 Å². The Morgan fingerprint density at radius 1 is 1.00 bits per heavy atom. The summed E-state index contributed by atoms with van der Waals surface area (Å²) in [6, 6.07) is 4.42. The van der Waals surface area contributed by atoms with Crippen LogP contribution in [0, 0.1) is 11.2 Å². The first-order valence-electron chi connectivity index (χ1n) is 13.3. The van der Waals surface area contributed by atoms with E-state index in [0.29, 0.717) is 41.5 Å². The third-order valence-corrected chi connectivity index (χ3v) is 7.23. The SMILES string of the molecule is CC(C)c1ncncc1-c1cc(F)ccc1Oc1cncnc1N1CCC2(CCN(C(=O)OC(C)(C)C)C2)C1. The summed E-state index contributed by atoms with van der Waals surface area (Å²) in [5.41, 5.74) is 1.53. The molecule has 39 heavy (non-hydrogen) atoms. The van der Waals surface area contributed by atoms with E-state index >= 15 is 0 Å². The average molecular weight is 535 g/mol. The van der Waals surface area contributed by atoms with Crippen LogP contribution in [-0.2, 0) is 4.74 Å². The minimum Gasteiger partial charge on any atom is -0.451 e. The number of benzene rings is 1. The van der Waals surface area contributed by atoms with E-state index in [1.54, 1.807) is 18.5 Å². The highest BCUT2D eigenvalue weighted by molar-refractivity contribution is 5.73. The lowest BCUT2D eigenvalue weighted by atomic mass is 9.86. The highest BCUT2D eigenvalue weighted by atomic mass is 19.1. The molecular formula is C29H35FN6O3. The van der Waals surface area contributed by atoms with Gasteiger partial charge in [0.1, 0.15) is 29.8 Å². The number of rotatable bonds is 5. The molecule has 5 rings (SSSR count). The summed E-state index contributed by atoms with van der Waals surface area (Å²) in [7, 11) is 0. The zero-order valence-electron chi connectivity index (χ0n) is 23.1. The molecular weight excluding hydrogens is 499 g/mol. The fraction of sp³-hybridized carbons (Fsp3) is 0.483. The molecule has 1 atom stereocenters. The Bertz CT molecular complexity index is 1360. The fourth-order valence-electron chi connectivity index (χ4n) is 5.41. The lowest BCUT2D eigenvalue weighted by Gasteiger charge is -2.27. The normalized spacial score (nSPS) is 19.3. The Morgan fingerprint density at radius 3 is 2.51 bits per heavy atom. The van der Waals surface area contributed by atoms with Crippen molar-refractivity contribution in [2.24, 2.45) is 5.41 Å². The first-order chi connectivity index (χ1) is 18.5. The molecule has 0 saturated carbocycles. The standard InChI is InChI=1S/C29H35FN6O3/c1-19(2)25-22(13-31-17-33-25)21-12-20(30)6-7-23(21)38-24-14-32-18-34-26(24)35-10-8-29(15-35)9-11-36(16-29)27(37)39-28(3,4)5/h6-7,12-14,17-19H,8-11,15-16H2,1-5H3. The van der Waals surface area contributed by atoms with E-state index in [1.165, 1.54) is 24.8 Å². The number of nitrogens with zero attached hydrogens (tertiary/aromatic N) is 6. The molecule has 0 bridgehead atoms. The molecule has 2 saturated heterocycles. The van der Waals surface area contributed by atoms with Crippen molar-refractivity contribution in [3.8, 4) is 22.6 Å². The molecule has 3 aromatic rings. The number of hydrogen-bond acceptors (Lipinski definition) is 8. The van der Waals surface area contributed by atoms with Gasteiger partial charge in [0.25, 0.3) is 0 Å². The van der Waals surface area contributed by atoms with Gasteiger partial charge in [-0.2, -0.15) is 0 Å². The molecule has 9 nitrogen and oxygen atoms in total. The topological polar surface area (TPSA) is 93.6 Å². The van der Waals surface area contributed by atoms with Crippen molar-refractivity contribution >= 4 is 11.9 Å². The molecule has 206 valence electrons. The van der Waals surface area contributed by atoms with Crippen LogP contribution in [0.15, 0.2) is 43.2 Å². The van der Waals surface area contributed by atoms with Crippen molar-refractivity contribution in [3.05, 3.63) is 54.8 Å². The van der Waals surface area contributed by atoms with Crippen LogP contribution in [0.4, 0.5) is 15.0 Å². The molecule has 1 aromatic carbocycles. The third-order valence-electron chi connectivity index (χ3n) is 7.23. The highest BCUT2D eigenvalue weighted by Gasteiger charge is 2.46. The summed E-state index contributed by atoms with van der Waals surface area (Å²) in [4.78, 5) is 34.0. The lowest BCUT2D eigenvalue weighted by molar-refractivity contribution is 0.0276. The van der Waals surface area contributed by atoms with Crippen LogP contribution in [-0.4, -0.2) is 62.7 Å². The Kier molecular flexibility index (Phi) is 7.13. The van der Waals surface area contributed by atoms with Crippen molar-refractivity contribution in [2.45, 2.75) is 59.0 Å². The molecule has 0 aliphatic carbocycles. The summed E-state index contributed by atoms with van der Waals surface area (Å²) in [6.07, 6.45) is 7.88. The molecule has 2 aromatic heterocycles. The van der Waals surface area contributed by atoms with Crippen molar-refractivity contribution in [2.75, 3.05) is 31.1 Å². The Labute approximate surface area is 228 Å². The van der Waals surface area contributed by atoms with Crippen LogP contribution >= 0.6 is 0 Å². The number of amides is 1. The van der Waals surface area contributed by atoms with Crippen LogP contribution < -0.4 is 9.64 Å². The number of carbonyl (C=O) groups is 1. The number of ether oxygens (including phenoxy) is 2. The van der Waals surface area contributed by atoms with Gasteiger partial charge in [0.05, 0.1) is 11.9 Å². The third kappa shape index (κ3) is 5.79. The maximum atomic E-state index is 14.4. The summed E-state index contributed by atoms with van der Waals surface area (Å²) in [6.45, 7) is 12.5. The van der Waals surface area contributed by atoms with Gasteiger partial charge in [-0.05, 0) is 57.7 Å². The second-order valence-corrected chi connectivity index (χ2v) is 11.8. The quantitative estimate of drug-likeness (QED) is 0.404. The van der Waals surface area contributed by atoms with E-state index in [9.17, 15) is 9.18 Å². The predicted molar refractivity (Wildman–Crippen MR) is 145 cm³/mol. The highest BCUT2D eigenvalue weighted by Crippen LogP contribution is 2.44. The monoisotopic (exact) mass is 534 g/mol. The first-order valence-corrected chi connectivity index (χ1v) is 13.3. The van der Waals surface area contributed by atoms with Crippen LogP contribution in [0.1, 0.15) is 59.1 Å². The maximum absolute atomic E-state index is 14.4. The van der Waals surface area contributed by atoms with Gasteiger partial charge in [0.2, 0.25) is 0 Å². The molecule has 0 N–H and O–H groups in total. The molecule has 4 heterocycles. The number of aromatic nitrogens is 4. The van der Waals surface area contributed by atoms with E-state index in [2.05, 4.69) is 24.8 Å². The number of hydrogen-bond donors (Lipinski definition) is 0. The van der Waals surface area contributed by atoms with Crippen LogP contribution in [0.2, 0.25) is 0 Å². The second-order valence-electron chi connectivity index (χ2n) is 11.8. The molecule has 0 radical (unpaired) electrons. The summed E-state index contributed by atoms with van der Waals surface area (Å²) in [5, 5.41) is 0. The molecule has 10 heteroatoms. The first kappa shape index (κ1) is 26.8. The lowest BCUT2D eigenvalue weighted by Crippen LogP contribution is -2.37. The van der Waals surface area contributed by atoms with E-state index in [0.717, 1.165) is 31.6 Å². The summed E-state index contributed by atoms with van der Waals surface area (Å²) >= 11 is 0. The van der Waals surface area contributed by atoms with Crippen LogP contribution in [0.3, 0.4) is 0 Å². The number of likely N-dealkylation sites (tertiary alicyclic amines) is 1. The van der Waals surface area contributed by atoms with E-state index in [4.69, 9.17) is 9.47 Å². The largest absolute Gasteiger partial charge is 0.451 e. The molecule has 1 spiro atoms. The van der Waals surface area contributed by atoms with Crippen LogP contribution in [0.25, 0.3) is 11.1 Å². The van der Waals surface area contributed by atoms with Gasteiger partial charge in [-0.15, -0.1) is 0 Å². The van der Waals surface area contributed by atoms with E-state index in [-0.39, 0.29) is 23.2 Å². The van der Waals surface area contributed by atoms with E-state index in [1.807, 2.05) is 39.5 Å². The maximum Gasteiger partial charge on any atom is 0.410 e. The Hall–Kier alpha value is -3.82. The van der Waals surface area contributed by atoms with Gasteiger partial charge in [-0.3, -0.25) is 0 Å². The zero-order valence-corrected chi connectivity index (χ0v) is 23.1. The molecule has 2 aliphatic heterocycles. The second kappa shape index (κ2) is 10.4. The zero-order chi connectivity index (χ0) is 27.8. The van der Waals surface area contributed by atoms with Gasteiger partial charge in [-0.25, -0.2) is 29.1 Å². The van der Waals surface area contributed by atoms with Gasteiger partial charge in [-0.1, -0.05) is 13.8 Å². The van der Waals surface area contributed by atoms with Crippen molar-refractivity contribution in [1.29, 1.82) is 0 Å². The van der Waals surface area contributed by atoms with Crippen molar-refractivity contribution in [3.63, 3.8) is 0 Å². The molecule has 2 aliphatic rings. The fourth-order valence-corrected chi connectivity index (χ4v) is 5.41. The molecule has 1 amide bonds. The van der Waals surface area contributed by atoms with Crippen molar-refractivity contribution < 1.29 is 18.7 Å². The molecule has 1 unspecified atom stereocenters.